The molecule has 19 heavy (non-hydrogen) atoms. The van der Waals surface area contributed by atoms with E-state index in [9.17, 15) is 9.59 Å². The minimum absolute atomic E-state index is 0.148. The maximum Gasteiger partial charge on any atom is 0.308 e. The first-order valence-electron chi connectivity index (χ1n) is 6.46. The third kappa shape index (κ3) is 6.03. The van der Waals surface area contributed by atoms with Gasteiger partial charge in [0.05, 0.1) is 5.92 Å². The lowest BCUT2D eigenvalue weighted by molar-refractivity contribution is -0.142. The van der Waals surface area contributed by atoms with Gasteiger partial charge >= 0.3 is 5.97 Å². The molecule has 0 bridgehead atoms. The molecule has 0 aliphatic rings. The summed E-state index contributed by atoms with van der Waals surface area (Å²) in [4.78, 5) is 22.6. The highest BCUT2D eigenvalue weighted by Crippen LogP contribution is 2.11. The Morgan fingerprint density at radius 1 is 1.42 bits per heavy atom. The molecule has 6 nitrogen and oxygen atoms in total. The molecule has 1 aromatic heterocycles. The lowest BCUT2D eigenvalue weighted by atomic mass is 9.97. The highest BCUT2D eigenvalue weighted by atomic mass is 16.4. The fourth-order valence-corrected chi connectivity index (χ4v) is 1.81. The summed E-state index contributed by atoms with van der Waals surface area (Å²) in [6.45, 7) is 4.62. The van der Waals surface area contributed by atoms with E-state index in [1.807, 2.05) is 13.8 Å². The van der Waals surface area contributed by atoms with Gasteiger partial charge in [-0.25, -0.2) is 0 Å². The van der Waals surface area contributed by atoms with Crippen molar-refractivity contribution in [1.29, 1.82) is 0 Å². The molecule has 1 heterocycles. The van der Waals surface area contributed by atoms with Gasteiger partial charge in [-0.15, -0.1) is 0 Å². The van der Waals surface area contributed by atoms with Crippen molar-refractivity contribution in [3.05, 3.63) is 18.5 Å². The maximum absolute atomic E-state index is 11.6. The van der Waals surface area contributed by atoms with E-state index < -0.39 is 11.9 Å². The normalized spacial score (nSPS) is 12.4. The molecule has 106 valence electrons. The standard InChI is InChI=1S/C13H21N3O3/c1-10(2)8-11(13(18)19)9-14-12(17)4-7-16-6-3-5-15-16/h3,5-6,10-11H,4,7-9H2,1-2H3,(H,14,17)(H,18,19). The Labute approximate surface area is 112 Å². The summed E-state index contributed by atoms with van der Waals surface area (Å²) in [5.74, 6) is -1.23. The van der Waals surface area contributed by atoms with Crippen LogP contribution in [0.4, 0.5) is 0 Å². The first kappa shape index (κ1) is 15.2. The number of aliphatic carboxylic acids is 1. The predicted molar refractivity (Wildman–Crippen MR) is 70.4 cm³/mol. The van der Waals surface area contributed by atoms with Crippen molar-refractivity contribution in [1.82, 2.24) is 15.1 Å². The van der Waals surface area contributed by atoms with E-state index in [4.69, 9.17) is 5.11 Å². The monoisotopic (exact) mass is 267 g/mol. The fourth-order valence-electron chi connectivity index (χ4n) is 1.81. The van der Waals surface area contributed by atoms with Crippen molar-refractivity contribution in [2.24, 2.45) is 11.8 Å². The lowest BCUT2D eigenvalue weighted by Gasteiger charge is -2.15. The summed E-state index contributed by atoms with van der Waals surface area (Å²) in [5.41, 5.74) is 0. The molecule has 0 spiro atoms. The molecule has 0 saturated carbocycles. The zero-order chi connectivity index (χ0) is 14.3. The molecule has 0 aromatic carbocycles. The minimum Gasteiger partial charge on any atom is -0.481 e. The first-order chi connectivity index (χ1) is 8.99. The number of carboxylic acid groups (broad SMARTS) is 1. The molecule has 0 fully saturated rings. The van der Waals surface area contributed by atoms with Crippen molar-refractivity contribution in [3.63, 3.8) is 0 Å². The van der Waals surface area contributed by atoms with E-state index in [1.165, 1.54) is 0 Å². The smallest absolute Gasteiger partial charge is 0.308 e. The number of rotatable bonds is 8. The van der Waals surface area contributed by atoms with Crippen molar-refractivity contribution in [3.8, 4) is 0 Å². The van der Waals surface area contributed by atoms with Crippen LogP contribution in [0.1, 0.15) is 26.7 Å². The highest BCUT2D eigenvalue weighted by molar-refractivity contribution is 5.77. The molecule has 1 atom stereocenters. The summed E-state index contributed by atoms with van der Waals surface area (Å²) >= 11 is 0. The minimum atomic E-state index is -0.860. The van der Waals surface area contributed by atoms with Gasteiger partial charge < -0.3 is 10.4 Å². The fraction of sp³-hybridized carbons (Fsp3) is 0.615. The van der Waals surface area contributed by atoms with Crippen LogP contribution in [0.25, 0.3) is 0 Å². The Kier molecular flexibility index (Phi) is 6.05. The predicted octanol–water partition coefficient (Wildman–Crippen LogP) is 1.14. The Balaban J connectivity index is 2.29. The molecule has 0 aliphatic heterocycles. The van der Waals surface area contributed by atoms with E-state index in [2.05, 4.69) is 10.4 Å². The Morgan fingerprint density at radius 3 is 2.68 bits per heavy atom. The number of hydrogen-bond donors (Lipinski definition) is 2. The van der Waals surface area contributed by atoms with Crippen LogP contribution in [0.5, 0.6) is 0 Å². The van der Waals surface area contributed by atoms with Crippen molar-refractivity contribution < 1.29 is 14.7 Å². The third-order valence-corrected chi connectivity index (χ3v) is 2.78. The second kappa shape index (κ2) is 7.56. The molecule has 2 N–H and O–H groups in total. The van der Waals surface area contributed by atoms with E-state index in [0.29, 0.717) is 25.3 Å². The molecule has 1 unspecified atom stereocenters. The van der Waals surface area contributed by atoms with Crippen LogP contribution in [0.3, 0.4) is 0 Å². The molecule has 0 saturated heterocycles. The molecular weight excluding hydrogens is 246 g/mol. The number of hydrogen-bond acceptors (Lipinski definition) is 3. The van der Waals surface area contributed by atoms with Crippen LogP contribution in [-0.4, -0.2) is 33.3 Å². The van der Waals surface area contributed by atoms with Gasteiger partial charge in [0.25, 0.3) is 0 Å². The summed E-state index contributed by atoms with van der Waals surface area (Å²) < 4.78 is 1.67. The molecule has 1 rings (SSSR count). The van der Waals surface area contributed by atoms with Crippen LogP contribution in [0.15, 0.2) is 18.5 Å². The number of nitrogens with zero attached hydrogens (tertiary/aromatic N) is 2. The van der Waals surface area contributed by atoms with Gasteiger partial charge in [0.2, 0.25) is 5.91 Å². The largest absolute Gasteiger partial charge is 0.481 e. The Bertz CT molecular complexity index is 401. The number of amides is 1. The van der Waals surface area contributed by atoms with E-state index in [1.54, 1.807) is 23.1 Å². The Morgan fingerprint density at radius 2 is 2.16 bits per heavy atom. The second-order valence-electron chi connectivity index (χ2n) is 4.99. The molecule has 1 aromatic rings. The van der Waals surface area contributed by atoms with Gasteiger partial charge in [0, 0.05) is 31.9 Å². The number of aromatic nitrogens is 2. The summed E-state index contributed by atoms with van der Waals surface area (Å²) in [7, 11) is 0. The molecular formula is C13H21N3O3. The highest BCUT2D eigenvalue weighted by Gasteiger charge is 2.19. The van der Waals surface area contributed by atoms with E-state index in [-0.39, 0.29) is 12.5 Å². The van der Waals surface area contributed by atoms with Gasteiger partial charge in [-0.1, -0.05) is 13.8 Å². The Hall–Kier alpha value is -1.85. The lowest BCUT2D eigenvalue weighted by Crippen LogP contribution is -2.34. The van der Waals surface area contributed by atoms with Crippen LogP contribution in [0.2, 0.25) is 0 Å². The van der Waals surface area contributed by atoms with Crippen LogP contribution >= 0.6 is 0 Å². The van der Waals surface area contributed by atoms with Crippen LogP contribution in [-0.2, 0) is 16.1 Å². The average molecular weight is 267 g/mol. The number of carbonyl (C=O) groups is 2. The van der Waals surface area contributed by atoms with E-state index in [0.717, 1.165) is 0 Å². The maximum atomic E-state index is 11.6. The number of aryl methyl sites for hydroxylation is 1. The summed E-state index contributed by atoms with van der Waals surface area (Å²) in [6.07, 6.45) is 4.30. The van der Waals surface area contributed by atoms with Gasteiger partial charge in [-0.2, -0.15) is 5.10 Å². The van der Waals surface area contributed by atoms with Gasteiger partial charge in [-0.3, -0.25) is 14.3 Å². The van der Waals surface area contributed by atoms with Crippen LogP contribution < -0.4 is 5.32 Å². The second-order valence-corrected chi connectivity index (χ2v) is 4.99. The zero-order valence-electron chi connectivity index (χ0n) is 11.4. The quantitative estimate of drug-likeness (QED) is 0.739. The molecule has 0 aliphatic carbocycles. The third-order valence-electron chi connectivity index (χ3n) is 2.78. The number of carboxylic acids is 1. The van der Waals surface area contributed by atoms with Crippen molar-refractivity contribution in [2.45, 2.75) is 33.2 Å². The number of carbonyl (C=O) groups excluding carboxylic acids is 1. The summed E-state index contributed by atoms with van der Waals surface area (Å²) in [6, 6.07) is 1.79. The van der Waals surface area contributed by atoms with Gasteiger partial charge in [0.1, 0.15) is 0 Å². The first-order valence-corrected chi connectivity index (χ1v) is 6.46. The van der Waals surface area contributed by atoms with E-state index >= 15 is 0 Å². The average Bonchev–Trinajstić information content (AvgIpc) is 2.84. The SMILES string of the molecule is CC(C)CC(CNC(=O)CCn1cccn1)C(=O)O. The van der Waals surface area contributed by atoms with Gasteiger partial charge in [0.15, 0.2) is 0 Å². The van der Waals surface area contributed by atoms with Crippen molar-refractivity contribution in [2.75, 3.05) is 6.54 Å². The molecule has 1 amide bonds. The summed E-state index contributed by atoms with van der Waals surface area (Å²) in [5, 5.41) is 15.7. The molecule has 6 heteroatoms. The van der Waals surface area contributed by atoms with Crippen molar-refractivity contribution >= 4 is 11.9 Å². The van der Waals surface area contributed by atoms with Gasteiger partial charge in [-0.05, 0) is 18.4 Å². The number of nitrogens with one attached hydrogen (secondary N) is 1. The molecule has 0 radical (unpaired) electrons. The van der Waals surface area contributed by atoms with Crippen LogP contribution in [0, 0.1) is 11.8 Å². The zero-order valence-corrected chi connectivity index (χ0v) is 11.4. The topological polar surface area (TPSA) is 84.2 Å².